The Morgan fingerprint density at radius 1 is 1.25 bits per heavy atom. The van der Waals surface area contributed by atoms with Crippen molar-refractivity contribution in [2.45, 2.75) is 23.8 Å². The number of nitrogens with one attached hydrogen (secondary N) is 1. The zero-order valence-corrected chi connectivity index (χ0v) is 12.0. The van der Waals surface area contributed by atoms with Gasteiger partial charge in [0.05, 0.1) is 0 Å². The molecule has 1 aromatic heterocycles. The molecule has 0 atom stereocenters. The van der Waals surface area contributed by atoms with Crippen molar-refractivity contribution in [2.75, 3.05) is 31.6 Å². The van der Waals surface area contributed by atoms with E-state index < -0.39 is 10.0 Å². The molecule has 8 heteroatoms. The number of hydrazine groups is 1. The Labute approximate surface area is 118 Å². The summed E-state index contributed by atoms with van der Waals surface area (Å²) in [5.74, 6) is 5.53. The summed E-state index contributed by atoms with van der Waals surface area (Å²) in [6, 6.07) is 3.82. The van der Waals surface area contributed by atoms with Crippen LogP contribution in [0.1, 0.15) is 12.8 Å². The van der Waals surface area contributed by atoms with Crippen molar-refractivity contribution in [3.63, 3.8) is 0 Å². The second-order valence-electron chi connectivity index (χ2n) is 5.17. The Hall–Kier alpha value is -1.22. The standard InChI is InChI=1S/C12H19N5O2S/c13-15-12-11(2-1-5-14-12)20(18,19)17-8-6-16(7-9-17)10-3-4-10/h1-2,5,10H,3-4,6-9,13H2,(H,14,15). The SMILES string of the molecule is NNc1ncccc1S(=O)(=O)N1CCN(C2CC2)CC1. The van der Waals surface area contributed by atoms with Crippen LogP contribution >= 0.6 is 0 Å². The topological polar surface area (TPSA) is 91.6 Å². The van der Waals surface area contributed by atoms with E-state index in [1.165, 1.54) is 29.4 Å². The number of nitrogens with zero attached hydrogens (tertiary/aromatic N) is 3. The van der Waals surface area contributed by atoms with Gasteiger partial charge in [-0.3, -0.25) is 4.90 Å². The molecule has 0 bridgehead atoms. The maximum Gasteiger partial charge on any atom is 0.246 e. The number of hydrogen-bond donors (Lipinski definition) is 2. The third-order valence-corrected chi connectivity index (χ3v) is 5.79. The Morgan fingerprint density at radius 2 is 1.95 bits per heavy atom. The minimum Gasteiger partial charge on any atom is -0.307 e. The largest absolute Gasteiger partial charge is 0.307 e. The predicted octanol–water partition coefficient (Wildman–Crippen LogP) is -0.164. The first-order chi connectivity index (χ1) is 9.63. The number of nitrogens with two attached hydrogens (primary N) is 1. The minimum atomic E-state index is -3.53. The molecule has 1 saturated heterocycles. The lowest BCUT2D eigenvalue weighted by atomic mass is 10.3. The maximum absolute atomic E-state index is 12.6. The molecule has 2 heterocycles. The highest BCUT2D eigenvalue weighted by Gasteiger charge is 2.35. The number of nitrogen functional groups attached to an aromatic ring is 1. The molecule has 3 rings (SSSR count). The molecule has 0 radical (unpaired) electrons. The monoisotopic (exact) mass is 297 g/mol. The number of pyridine rings is 1. The van der Waals surface area contributed by atoms with E-state index in [0.717, 1.165) is 13.1 Å². The molecular weight excluding hydrogens is 278 g/mol. The van der Waals surface area contributed by atoms with Crippen LogP contribution in [0, 0.1) is 0 Å². The van der Waals surface area contributed by atoms with E-state index in [1.807, 2.05) is 0 Å². The summed E-state index contributed by atoms with van der Waals surface area (Å²) in [7, 11) is -3.53. The third-order valence-electron chi connectivity index (χ3n) is 3.86. The summed E-state index contributed by atoms with van der Waals surface area (Å²) in [5, 5.41) is 0. The number of piperazine rings is 1. The molecule has 1 aliphatic heterocycles. The van der Waals surface area contributed by atoms with Crippen LogP contribution in [0.25, 0.3) is 0 Å². The van der Waals surface area contributed by atoms with Gasteiger partial charge in [-0.1, -0.05) is 0 Å². The third kappa shape index (κ3) is 2.51. The van der Waals surface area contributed by atoms with Crippen molar-refractivity contribution in [1.82, 2.24) is 14.2 Å². The lowest BCUT2D eigenvalue weighted by Crippen LogP contribution is -2.49. The summed E-state index contributed by atoms with van der Waals surface area (Å²) < 4.78 is 26.8. The van der Waals surface area contributed by atoms with Gasteiger partial charge in [-0.25, -0.2) is 19.2 Å². The predicted molar refractivity (Wildman–Crippen MR) is 75.4 cm³/mol. The minimum absolute atomic E-state index is 0.141. The van der Waals surface area contributed by atoms with Crippen LogP contribution in [0.4, 0.5) is 5.82 Å². The van der Waals surface area contributed by atoms with Crippen LogP contribution < -0.4 is 11.3 Å². The molecule has 2 aliphatic rings. The molecule has 1 saturated carbocycles. The molecule has 1 aromatic rings. The van der Waals surface area contributed by atoms with Gasteiger partial charge in [-0.15, -0.1) is 0 Å². The summed E-state index contributed by atoms with van der Waals surface area (Å²) in [5.41, 5.74) is 2.35. The number of aromatic nitrogens is 1. The fourth-order valence-corrected chi connectivity index (χ4v) is 4.12. The lowest BCUT2D eigenvalue weighted by molar-refractivity contribution is 0.180. The van der Waals surface area contributed by atoms with Gasteiger partial charge in [0.15, 0.2) is 5.82 Å². The summed E-state index contributed by atoms with van der Waals surface area (Å²) in [4.78, 5) is 6.47. The summed E-state index contributed by atoms with van der Waals surface area (Å²) in [6.45, 7) is 2.65. The highest BCUT2D eigenvalue weighted by molar-refractivity contribution is 7.89. The second kappa shape index (κ2) is 5.28. The van der Waals surface area contributed by atoms with E-state index in [1.54, 1.807) is 6.07 Å². The first kappa shape index (κ1) is 13.7. The van der Waals surface area contributed by atoms with Crippen LogP contribution in [0.15, 0.2) is 23.2 Å². The molecule has 0 amide bonds. The van der Waals surface area contributed by atoms with Crippen molar-refractivity contribution in [1.29, 1.82) is 0 Å². The van der Waals surface area contributed by atoms with Gasteiger partial charge in [0.25, 0.3) is 0 Å². The number of sulfonamides is 1. The summed E-state index contributed by atoms with van der Waals surface area (Å²) in [6.07, 6.45) is 4.01. The molecule has 2 fully saturated rings. The number of hydrogen-bond acceptors (Lipinski definition) is 6. The number of anilines is 1. The van der Waals surface area contributed by atoms with Gasteiger partial charge in [0.2, 0.25) is 10.0 Å². The first-order valence-corrected chi connectivity index (χ1v) is 8.23. The average Bonchev–Trinajstić information content (AvgIpc) is 3.32. The Bertz CT molecular complexity index is 579. The average molecular weight is 297 g/mol. The fourth-order valence-electron chi connectivity index (χ4n) is 2.59. The van der Waals surface area contributed by atoms with Crippen molar-refractivity contribution in [3.05, 3.63) is 18.3 Å². The van der Waals surface area contributed by atoms with Crippen LogP contribution in [0.5, 0.6) is 0 Å². The molecular formula is C12H19N5O2S. The zero-order valence-electron chi connectivity index (χ0n) is 11.2. The van der Waals surface area contributed by atoms with Crippen molar-refractivity contribution < 1.29 is 8.42 Å². The van der Waals surface area contributed by atoms with E-state index >= 15 is 0 Å². The zero-order chi connectivity index (χ0) is 14.2. The lowest BCUT2D eigenvalue weighted by Gasteiger charge is -2.34. The molecule has 3 N–H and O–H groups in total. The fraction of sp³-hybridized carbons (Fsp3) is 0.583. The van der Waals surface area contributed by atoms with Crippen molar-refractivity contribution in [2.24, 2.45) is 5.84 Å². The highest BCUT2D eigenvalue weighted by atomic mass is 32.2. The molecule has 7 nitrogen and oxygen atoms in total. The Kier molecular flexibility index (Phi) is 3.63. The molecule has 0 unspecified atom stereocenters. The van der Waals surface area contributed by atoms with Gasteiger partial charge in [0.1, 0.15) is 4.90 Å². The second-order valence-corrected chi connectivity index (χ2v) is 7.07. The molecule has 20 heavy (non-hydrogen) atoms. The molecule has 0 spiro atoms. The smallest absolute Gasteiger partial charge is 0.246 e. The molecule has 0 aromatic carbocycles. The van der Waals surface area contributed by atoms with Gasteiger partial charge in [-0.05, 0) is 25.0 Å². The quantitative estimate of drug-likeness (QED) is 0.592. The first-order valence-electron chi connectivity index (χ1n) is 6.79. The van der Waals surface area contributed by atoms with E-state index in [0.29, 0.717) is 19.1 Å². The van der Waals surface area contributed by atoms with Crippen molar-refractivity contribution in [3.8, 4) is 0 Å². The van der Waals surface area contributed by atoms with Crippen molar-refractivity contribution >= 4 is 15.8 Å². The van der Waals surface area contributed by atoms with Crippen LogP contribution in [-0.2, 0) is 10.0 Å². The van der Waals surface area contributed by atoms with Gasteiger partial charge in [0, 0.05) is 38.4 Å². The molecule has 1 aliphatic carbocycles. The number of rotatable bonds is 4. The summed E-state index contributed by atoms with van der Waals surface area (Å²) >= 11 is 0. The van der Waals surface area contributed by atoms with E-state index in [-0.39, 0.29) is 10.7 Å². The molecule has 110 valence electrons. The van der Waals surface area contributed by atoms with Crippen LogP contribution in [-0.4, -0.2) is 54.8 Å². The van der Waals surface area contributed by atoms with Gasteiger partial charge < -0.3 is 5.43 Å². The van der Waals surface area contributed by atoms with Crippen LogP contribution in [0.3, 0.4) is 0 Å². The normalized spacial score (nSPS) is 21.9. The highest BCUT2D eigenvalue weighted by Crippen LogP contribution is 2.29. The van der Waals surface area contributed by atoms with Crippen LogP contribution in [0.2, 0.25) is 0 Å². The van der Waals surface area contributed by atoms with E-state index in [2.05, 4.69) is 15.3 Å². The maximum atomic E-state index is 12.6. The Morgan fingerprint density at radius 3 is 2.55 bits per heavy atom. The van der Waals surface area contributed by atoms with E-state index in [9.17, 15) is 8.42 Å². The Balaban J connectivity index is 1.78. The van der Waals surface area contributed by atoms with Gasteiger partial charge >= 0.3 is 0 Å². The van der Waals surface area contributed by atoms with E-state index in [4.69, 9.17) is 5.84 Å². The van der Waals surface area contributed by atoms with Gasteiger partial charge in [-0.2, -0.15) is 4.31 Å².